The second-order valence-electron chi connectivity index (χ2n) is 8.21. The van der Waals surface area contributed by atoms with E-state index in [9.17, 15) is 8.42 Å². The Bertz CT molecular complexity index is 395. The lowest BCUT2D eigenvalue weighted by atomic mass is 9.99. The normalized spacial score (nSPS) is 13.1. The predicted octanol–water partition coefficient (Wildman–Crippen LogP) is 7.48. The van der Waals surface area contributed by atoms with E-state index in [2.05, 4.69) is 18.0 Å². The van der Waals surface area contributed by atoms with Crippen LogP contribution in [0.5, 0.6) is 0 Å². The molecule has 0 saturated carbocycles. The van der Waals surface area contributed by atoms with Crippen LogP contribution >= 0.6 is 0 Å². The third kappa shape index (κ3) is 23.8. The molecule has 0 spiro atoms. The lowest BCUT2D eigenvalue weighted by molar-refractivity contribution is 0.261. The topological polar surface area (TPSA) is 63.6 Å². The Morgan fingerprint density at radius 1 is 0.667 bits per heavy atom. The lowest BCUT2D eigenvalue weighted by Gasteiger charge is -2.07. The highest BCUT2D eigenvalue weighted by Crippen LogP contribution is 2.16. The molecule has 0 aromatic carbocycles. The van der Waals surface area contributed by atoms with Gasteiger partial charge in [0, 0.05) is 0 Å². The molecule has 0 rings (SSSR count). The maximum Gasteiger partial charge on any atom is 0.397 e. The van der Waals surface area contributed by atoms with Crippen molar-refractivity contribution >= 4 is 10.4 Å². The van der Waals surface area contributed by atoms with E-state index >= 15 is 0 Å². The fourth-order valence-corrected chi connectivity index (χ4v) is 3.77. The Kier molecular flexibility index (Phi) is 19.1. The molecule has 164 valence electrons. The zero-order valence-electron chi connectivity index (χ0n) is 18.1. The van der Waals surface area contributed by atoms with Crippen LogP contribution in [-0.4, -0.2) is 19.6 Å². The van der Waals surface area contributed by atoms with Crippen molar-refractivity contribution in [2.45, 2.75) is 129 Å². The summed E-state index contributed by atoms with van der Waals surface area (Å²) in [6, 6.07) is 0. The quantitative estimate of drug-likeness (QED) is 0.158. The van der Waals surface area contributed by atoms with Gasteiger partial charge in [0.05, 0.1) is 6.61 Å². The summed E-state index contributed by atoms with van der Waals surface area (Å²) in [7, 11) is -4.25. The first-order valence-corrected chi connectivity index (χ1v) is 12.9. The average molecular weight is 407 g/mol. The highest BCUT2D eigenvalue weighted by molar-refractivity contribution is 7.80. The molecule has 4 nitrogen and oxygen atoms in total. The highest BCUT2D eigenvalue weighted by atomic mass is 32.3. The molecule has 0 bridgehead atoms. The molecule has 0 fully saturated rings. The third-order valence-electron chi connectivity index (χ3n) is 5.52. The van der Waals surface area contributed by atoms with Crippen LogP contribution in [0.1, 0.15) is 129 Å². The smallest absolute Gasteiger partial charge is 0.264 e. The molecule has 1 unspecified atom stereocenters. The Morgan fingerprint density at radius 3 is 1.33 bits per heavy atom. The predicted molar refractivity (Wildman–Crippen MR) is 115 cm³/mol. The fourth-order valence-electron chi connectivity index (χ4n) is 3.44. The molecule has 0 saturated heterocycles. The number of rotatable bonds is 21. The summed E-state index contributed by atoms with van der Waals surface area (Å²) in [6.45, 7) is 4.75. The molecule has 0 radical (unpaired) electrons. The summed E-state index contributed by atoms with van der Waals surface area (Å²) in [4.78, 5) is 0. The van der Waals surface area contributed by atoms with Crippen molar-refractivity contribution in [1.82, 2.24) is 0 Å². The lowest BCUT2D eigenvalue weighted by Crippen LogP contribution is -2.04. The van der Waals surface area contributed by atoms with Crippen LogP contribution in [0.4, 0.5) is 0 Å². The molecule has 0 aromatic rings. The number of hydrogen-bond donors (Lipinski definition) is 1. The highest BCUT2D eigenvalue weighted by Gasteiger charge is 2.02. The van der Waals surface area contributed by atoms with Gasteiger partial charge in [0.2, 0.25) is 0 Å². The zero-order valence-corrected chi connectivity index (χ0v) is 18.9. The summed E-state index contributed by atoms with van der Waals surface area (Å²) >= 11 is 0. The molecule has 0 heterocycles. The van der Waals surface area contributed by atoms with Crippen LogP contribution in [0.15, 0.2) is 0 Å². The maximum absolute atomic E-state index is 10.4. The monoisotopic (exact) mass is 406 g/mol. The van der Waals surface area contributed by atoms with Crippen molar-refractivity contribution in [3.05, 3.63) is 0 Å². The van der Waals surface area contributed by atoms with Gasteiger partial charge in [-0.3, -0.25) is 4.55 Å². The van der Waals surface area contributed by atoms with Crippen molar-refractivity contribution in [2.24, 2.45) is 5.92 Å². The fraction of sp³-hybridized carbons (Fsp3) is 1.00. The van der Waals surface area contributed by atoms with Crippen molar-refractivity contribution < 1.29 is 17.2 Å². The summed E-state index contributed by atoms with van der Waals surface area (Å²) in [5.41, 5.74) is 0. The summed E-state index contributed by atoms with van der Waals surface area (Å²) in [6.07, 6.45) is 23.4. The first kappa shape index (κ1) is 26.9. The Hall–Kier alpha value is -0.130. The molecular weight excluding hydrogens is 360 g/mol. The van der Waals surface area contributed by atoms with Gasteiger partial charge in [-0.05, 0) is 12.3 Å². The van der Waals surface area contributed by atoms with Crippen LogP contribution in [0, 0.1) is 5.92 Å². The van der Waals surface area contributed by atoms with E-state index in [0.717, 1.165) is 18.8 Å². The van der Waals surface area contributed by atoms with Crippen LogP contribution in [0.3, 0.4) is 0 Å². The number of hydrogen-bond acceptors (Lipinski definition) is 3. The minimum atomic E-state index is -4.25. The Balaban J connectivity index is 3.07. The van der Waals surface area contributed by atoms with Gasteiger partial charge in [-0.1, -0.05) is 123 Å². The maximum atomic E-state index is 10.4. The van der Waals surface area contributed by atoms with Crippen molar-refractivity contribution in [2.75, 3.05) is 6.61 Å². The molecule has 1 atom stereocenters. The summed E-state index contributed by atoms with van der Waals surface area (Å²) in [5, 5.41) is 0. The van der Waals surface area contributed by atoms with Gasteiger partial charge in [-0.15, -0.1) is 0 Å². The molecule has 1 N–H and O–H groups in total. The van der Waals surface area contributed by atoms with Gasteiger partial charge in [-0.25, -0.2) is 4.18 Å². The van der Waals surface area contributed by atoms with E-state index in [1.54, 1.807) is 0 Å². The van der Waals surface area contributed by atoms with E-state index in [1.165, 1.54) is 96.3 Å². The standard InChI is InChI=1S/C22H46O4S/c1-3-22(2)20-18-16-14-12-10-8-6-4-5-7-9-11-13-15-17-19-21-26-27(23,24)25/h22H,3-21H2,1-2H3,(H,23,24,25). The summed E-state index contributed by atoms with van der Waals surface area (Å²) in [5.74, 6) is 0.914. The minimum absolute atomic E-state index is 0.0941. The van der Waals surface area contributed by atoms with Gasteiger partial charge >= 0.3 is 10.4 Å². The molecular formula is C22H46O4S. The molecule has 0 amide bonds. The minimum Gasteiger partial charge on any atom is -0.264 e. The number of unbranched alkanes of at least 4 members (excludes halogenated alkanes) is 15. The summed E-state index contributed by atoms with van der Waals surface area (Å²) < 4.78 is 33.5. The van der Waals surface area contributed by atoms with Crippen molar-refractivity contribution in [3.63, 3.8) is 0 Å². The van der Waals surface area contributed by atoms with E-state index in [-0.39, 0.29) is 6.61 Å². The average Bonchev–Trinajstić information content (AvgIpc) is 2.62. The third-order valence-corrected chi connectivity index (χ3v) is 5.98. The van der Waals surface area contributed by atoms with E-state index < -0.39 is 10.4 Å². The van der Waals surface area contributed by atoms with Gasteiger partial charge in [0.1, 0.15) is 0 Å². The molecule has 0 aromatic heterocycles. The Labute approximate surface area is 169 Å². The van der Waals surface area contributed by atoms with Crippen LogP contribution < -0.4 is 0 Å². The first-order chi connectivity index (χ1) is 13.0. The van der Waals surface area contributed by atoms with E-state index in [0.29, 0.717) is 6.42 Å². The van der Waals surface area contributed by atoms with Crippen LogP contribution in [0.25, 0.3) is 0 Å². The van der Waals surface area contributed by atoms with Crippen LogP contribution in [-0.2, 0) is 14.6 Å². The van der Waals surface area contributed by atoms with Gasteiger partial charge in [0.15, 0.2) is 0 Å². The molecule has 0 aliphatic heterocycles. The van der Waals surface area contributed by atoms with Gasteiger partial charge < -0.3 is 0 Å². The second-order valence-corrected chi connectivity index (χ2v) is 9.30. The first-order valence-electron chi connectivity index (χ1n) is 11.6. The Morgan fingerprint density at radius 2 is 1.00 bits per heavy atom. The van der Waals surface area contributed by atoms with Crippen molar-refractivity contribution in [3.8, 4) is 0 Å². The second kappa shape index (κ2) is 19.2. The van der Waals surface area contributed by atoms with Crippen molar-refractivity contribution in [1.29, 1.82) is 0 Å². The molecule has 5 heteroatoms. The molecule has 0 aliphatic rings. The molecule has 0 aliphatic carbocycles. The zero-order chi connectivity index (χ0) is 20.2. The molecule has 27 heavy (non-hydrogen) atoms. The van der Waals surface area contributed by atoms with Gasteiger partial charge in [-0.2, -0.15) is 8.42 Å². The van der Waals surface area contributed by atoms with E-state index in [1.807, 2.05) is 0 Å². The van der Waals surface area contributed by atoms with Gasteiger partial charge in [0.25, 0.3) is 0 Å². The largest absolute Gasteiger partial charge is 0.397 e. The SMILES string of the molecule is CCC(C)CCCCCCCCCCCCCCCCCCOS(=O)(=O)O. The van der Waals surface area contributed by atoms with E-state index in [4.69, 9.17) is 4.55 Å². The van der Waals surface area contributed by atoms with Crippen LogP contribution in [0.2, 0.25) is 0 Å².